The number of halogens is 1. The van der Waals surface area contributed by atoms with Gasteiger partial charge in [0.2, 0.25) is 5.91 Å². The van der Waals surface area contributed by atoms with Gasteiger partial charge in [-0.1, -0.05) is 6.07 Å². The minimum atomic E-state index is -0.432. The SMILES string of the molecule is CCNC(=NCc1ccc(F)c(CO)c1)N(C)CC(=O)NC(C)(C)C. The van der Waals surface area contributed by atoms with Crippen molar-refractivity contribution in [2.45, 2.75) is 46.4 Å². The second-order valence-electron chi connectivity index (χ2n) is 6.91. The lowest BCUT2D eigenvalue weighted by atomic mass is 10.1. The highest BCUT2D eigenvalue weighted by Crippen LogP contribution is 2.11. The first-order valence-corrected chi connectivity index (χ1v) is 8.35. The van der Waals surface area contributed by atoms with Gasteiger partial charge in [0.05, 0.1) is 19.7 Å². The molecule has 0 aromatic heterocycles. The standard InChI is InChI=1S/C18H29FN4O2/c1-6-20-17(23(5)11-16(25)22-18(2,3)4)21-10-13-7-8-15(19)14(9-13)12-24/h7-9,24H,6,10-12H2,1-5H3,(H,20,21)(H,22,25). The first kappa shape index (κ1) is 20.9. The Bertz CT molecular complexity index is 612. The van der Waals surface area contributed by atoms with E-state index in [-0.39, 0.29) is 30.2 Å². The summed E-state index contributed by atoms with van der Waals surface area (Å²) in [5.74, 6) is 0.0597. The molecule has 0 unspecified atom stereocenters. The molecule has 3 N–H and O–H groups in total. The van der Waals surface area contributed by atoms with Crippen LogP contribution in [0.4, 0.5) is 4.39 Å². The van der Waals surface area contributed by atoms with E-state index >= 15 is 0 Å². The van der Waals surface area contributed by atoms with Crippen molar-refractivity contribution in [3.8, 4) is 0 Å². The van der Waals surface area contributed by atoms with Gasteiger partial charge in [-0.25, -0.2) is 9.38 Å². The first-order chi connectivity index (χ1) is 11.7. The average Bonchev–Trinajstić information content (AvgIpc) is 2.50. The molecule has 0 aliphatic rings. The molecule has 0 spiro atoms. The number of hydrogen-bond acceptors (Lipinski definition) is 3. The number of aliphatic imine (C=N–C) groups is 1. The van der Waals surface area contributed by atoms with Crippen LogP contribution in [-0.4, -0.2) is 47.5 Å². The van der Waals surface area contributed by atoms with Crippen LogP contribution in [0, 0.1) is 5.82 Å². The molecule has 1 amide bonds. The first-order valence-electron chi connectivity index (χ1n) is 8.35. The van der Waals surface area contributed by atoms with Crippen molar-refractivity contribution < 1.29 is 14.3 Å². The summed E-state index contributed by atoms with van der Waals surface area (Å²) in [5, 5.41) is 15.2. The third kappa shape index (κ3) is 7.51. The fourth-order valence-corrected chi connectivity index (χ4v) is 2.23. The lowest BCUT2D eigenvalue weighted by Gasteiger charge is -2.25. The molecule has 0 saturated carbocycles. The topological polar surface area (TPSA) is 77.0 Å². The van der Waals surface area contributed by atoms with E-state index in [0.717, 1.165) is 5.56 Å². The summed E-state index contributed by atoms with van der Waals surface area (Å²) in [5.41, 5.74) is 0.742. The highest BCUT2D eigenvalue weighted by molar-refractivity contribution is 5.86. The lowest BCUT2D eigenvalue weighted by Crippen LogP contribution is -2.48. The third-order valence-electron chi connectivity index (χ3n) is 3.28. The zero-order chi connectivity index (χ0) is 19.0. The minimum absolute atomic E-state index is 0.0926. The number of carbonyl (C=O) groups is 1. The Balaban J connectivity index is 2.80. The molecule has 0 bridgehead atoms. The number of likely N-dealkylation sites (N-methyl/N-ethyl adjacent to an activating group) is 1. The van der Waals surface area contributed by atoms with Crippen LogP contribution in [0.1, 0.15) is 38.8 Å². The van der Waals surface area contributed by atoms with Gasteiger partial charge in [0.1, 0.15) is 5.82 Å². The number of carbonyl (C=O) groups excluding carboxylic acids is 1. The Morgan fingerprint density at radius 1 is 1.36 bits per heavy atom. The predicted octanol–water partition coefficient (Wildman–Crippen LogP) is 1.63. The number of amides is 1. The molecular formula is C18H29FN4O2. The maximum Gasteiger partial charge on any atom is 0.240 e. The second kappa shape index (κ2) is 9.36. The van der Waals surface area contributed by atoms with Crippen LogP contribution in [0.5, 0.6) is 0 Å². The maximum absolute atomic E-state index is 13.4. The number of nitrogens with one attached hydrogen (secondary N) is 2. The number of hydrogen-bond donors (Lipinski definition) is 3. The Kier molecular flexibility index (Phi) is 7.83. The fourth-order valence-electron chi connectivity index (χ4n) is 2.23. The highest BCUT2D eigenvalue weighted by Gasteiger charge is 2.16. The largest absolute Gasteiger partial charge is 0.392 e. The summed E-state index contributed by atoms with van der Waals surface area (Å²) in [6.45, 7) is 8.54. The number of nitrogens with zero attached hydrogens (tertiary/aromatic N) is 2. The van der Waals surface area contributed by atoms with Gasteiger partial charge in [-0.05, 0) is 45.4 Å². The molecule has 0 aliphatic heterocycles. The molecule has 0 heterocycles. The van der Waals surface area contributed by atoms with E-state index in [4.69, 9.17) is 5.11 Å². The average molecular weight is 352 g/mol. The maximum atomic E-state index is 13.4. The zero-order valence-corrected chi connectivity index (χ0v) is 15.7. The summed E-state index contributed by atoms with van der Waals surface area (Å²) in [6.07, 6.45) is 0. The van der Waals surface area contributed by atoms with Crippen LogP contribution in [0.15, 0.2) is 23.2 Å². The van der Waals surface area contributed by atoms with Crippen molar-refractivity contribution >= 4 is 11.9 Å². The lowest BCUT2D eigenvalue weighted by molar-refractivity contribution is -0.122. The van der Waals surface area contributed by atoms with E-state index in [1.807, 2.05) is 27.7 Å². The highest BCUT2D eigenvalue weighted by atomic mass is 19.1. The van der Waals surface area contributed by atoms with Gasteiger partial charge in [0, 0.05) is 24.7 Å². The van der Waals surface area contributed by atoms with E-state index in [1.165, 1.54) is 6.07 Å². The fraction of sp³-hybridized carbons (Fsp3) is 0.556. The monoisotopic (exact) mass is 352 g/mol. The van der Waals surface area contributed by atoms with Crippen molar-refractivity contribution in [3.63, 3.8) is 0 Å². The van der Waals surface area contributed by atoms with E-state index in [0.29, 0.717) is 19.0 Å². The molecule has 7 heteroatoms. The number of aliphatic hydroxyl groups excluding tert-OH is 1. The second-order valence-corrected chi connectivity index (χ2v) is 6.91. The molecule has 6 nitrogen and oxygen atoms in total. The van der Waals surface area contributed by atoms with Crippen molar-refractivity contribution in [1.29, 1.82) is 0 Å². The Labute approximate surface area is 149 Å². The number of rotatable bonds is 6. The smallest absolute Gasteiger partial charge is 0.240 e. The van der Waals surface area contributed by atoms with Gasteiger partial charge < -0.3 is 20.6 Å². The van der Waals surface area contributed by atoms with Gasteiger partial charge in [-0.15, -0.1) is 0 Å². The van der Waals surface area contributed by atoms with Crippen LogP contribution in [-0.2, 0) is 17.9 Å². The van der Waals surface area contributed by atoms with Gasteiger partial charge in [0.15, 0.2) is 5.96 Å². The van der Waals surface area contributed by atoms with Crippen LogP contribution in [0.25, 0.3) is 0 Å². The Hall–Kier alpha value is -2.15. The molecule has 0 fully saturated rings. The molecular weight excluding hydrogens is 323 g/mol. The summed E-state index contributed by atoms with van der Waals surface area (Å²) in [6, 6.07) is 4.55. The molecule has 1 aromatic rings. The Morgan fingerprint density at radius 3 is 2.60 bits per heavy atom. The number of guanidine groups is 1. The minimum Gasteiger partial charge on any atom is -0.392 e. The van der Waals surface area contributed by atoms with Crippen LogP contribution >= 0.6 is 0 Å². The molecule has 25 heavy (non-hydrogen) atoms. The third-order valence-corrected chi connectivity index (χ3v) is 3.28. The van der Waals surface area contributed by atoms with Crippen molar-refractivity contribution in [2.24, 2.45) is 4.99 Å². The summed E-state index contributed by atoms with van der Waals surface area (Å²) in [7, 11) is 1.79. The summed E-state index contributed by atoms with van der Waals surface area (Å²) >= 11 is 0. The van der Waals surface area contributed by atoms with E-state index in [9.17, 15) is 9.18 Å². The van der Waals surface area contributed by atoms with Crippen LogP contribution in [0.3, 0.4) is 0 Å². The van der Waals surface area contributed by atoms with Crippen LogP contribution < -0.4 is 10.6 Å². The van der Waals surface area contributed by atoms with Gasteiger partial charge in [-0.3, -0.25) is 4.79 Å². The molecule has 0 radical (unpaired) electrons. The molecule has 1 rings (SSSR count). The Morgan fingerprint density at radius 2 is 2.04 bits per heavy atom. The predicted molar refractivity (Wildman–Crippen MR) is 97.7 cm³/mol. The summed E-state index contributed by atoms with van der Waals surface area (Å²) < 4.78 is 13.4. The molecule has 0 atom stereocenters. The van der Waals surface area contributed by atoms with Gasteiger partial charge >= 0.3 is 0 Å². The van der Waals surface area contributed by atoms with E-state index in [1.54, 1.807) is 24.1 Å². The quantitative estimate of drug-likeness (QED) is 0.537. The molecule has 1 aromatic carbocycles. The van der Waals surface area contributed by atoms with E-state index < -0.39 is 5.82 Å². The van der Waals surface area contributed by atoms with Crippen molar-refractivity contribution in [1.82, 2.24) is 15.5 Å². The summed E-state index contributed by atoms with van der Waals surface area (Å²) in [4.78, 5) is 18.3. The van der Waals surface area contributed by atoms with Gasteiger partial charge in [-0.2, -0.15) is 0 Å². The molecule has 0 aliphatic carbocycles. The van der Waals surface area contributed by atoms with Crippen LogP contribution in [0.2, 0.25) is 0 Å². The normalized spacial score (nSPS) is 12.0. The molecule has 0 saturated heterocycles. The number of aliphatic hydroxyl groups is 1. The molecule has 140 valence electrons. The zero-order valence-electron chi connectivity index (χ0n) is 15.7. The number of benzene rings is 1. The van der Waals surface area contributed by atoms with Crippen molar-refractivity contribution in [3.05, 3.63) is 35.1 Å². The van der Waals surface area contributed by atoms with Crippen molar-refractivity contribution in [2.75, 3.05) is 20.1 Å². The van der Waals surface area contributed by atoms with Gasteiger partial charge in [0.25, 0.3) is 0 Å². The van der Waals surface area contributed by atoms with E-state index in [2.05, 4.69) is 15.6 Å².